The summed E-state index contributed by atoms with van der Waals surface area (Å²) in [6.45, 7) is 6.25. The molecule has 0 fully saturated rings. The van der Waals surface area contributed by atoms with Gasteiger partial charge in [0.1, 0.15) is 0 Å². The zero-order valence-corrected chi connectivity index (χ0v) is 8.36. The molecule has 0 aliphatic heterocycles. The van der Waals surface area contributed by atoms with E-state index in [-0.39, 0.29) is 32.7 Å². The summed E-state index contributed by atoms with van der Waals surface area (Å²) in [6, 6.07) is 0. The first-order valence-corrected chi connectivity index (χ1v) is 1.95. The van der Waals surface area contributed by atoms with E-state index in [1.165, 1.54) is 5.92 Å². The number of rotatable bonds is 0. The zero-order valence-electron chi connectivity index (χ0n) is 5.52. The quantitative estimate of drug-likeness (QED) is 0.553. The van der Waals surface area contributed by atoms with E-state index in [1.807, 2.05) is 0 Å². The Labute approximate surface area is 71.4 Å². The molecule has 1 nitrogen and oxygen atoms in total. The van der Waals surface area contributed by atoms with Gasteiger partial charge in [0.2, 0.25) is 0 Å². The van der Waals surface area contributed by atoms with Crippen molar-refractivity contribution in [3.8, 4) is 0 Å². The number of aliphatic hydroxyl groups is 1. The van der Waals surface area contributed by atoms with Gasteiger partial charge >= 0.3 is 0 Å². The topological polar surface area (TPSA) is 20.2 Å². The van der Waals surface area contributed by atoms with Crippen LogP contribution in [0.25, 0.3) is 0 Å². The van der Waals surface area contributed by atoms with Crippen LogP contribution in [0, 0.1) is 5.92 Å². The molecule has 0 amide bonds. The Kier molecular flexibility index (Phi) is 35.3. The molecule has 1 N–H and O–H groups in total. The molecule has 0 rings (SSSR count). The summed E-state index contributed by atoms with van der Waals surface area (Å²) in [5, 5.41) is 7.00. The molecule has 43 valence electrons. The molecule has 0 atom stereocenters. The van der Waals surface area contributed by atoms with E-state index in [4.69, 9.17) is 5.11 Å². The average molecular weight is 178 g/mol. The van der Waals surface area contributed by atoms with Crippen molar-refractivity contribution in [3.63, 3.8) is 0 Å². The van der Waals surface area contributed by atoms with Gasteiger partial charge in [-0.15, -0.1) is 0 Å². The predicted octanol–water partition coefficient (Wildman–Crippen LogP) is 1.23. The molecule has 1 radical (unpaired) electrons. The minimum Gasteiger partial charge on any atom is -0.400 e. The summed E-state index contributed by atoms with van der Waals surface area (Å²) < 4.78 is 0. The first kappa shape index (κ1) is 15.7. The largest absolute Gasteiger partial charge is 0.400 e. The van der Waals surface area contributed by atoms with Crippen LogP contribution < -0.4 is 0 Å². The van der Waals surface area contributed by atoms with Gasteiger partial charge in [0.25, 0.3) is 0 Å². The summed E-state index contributed by atoms with van der Waals surface area (Å²) in [4.78, 5) is 0. The first-order valence-electron chi connectivity index (χ1n) is 1.95. The normalized spacial score (nSPS) is 6.00. The molecule has 2 heteroatoms. The number of hydrogen-bond acceptors (Lipinski definition) is 1. The third kappa shape index (κ3) is 160. The van der Waals surface area contributed by atoms with Crippen LogP contribution in [-0.4, -0.2) is 12.2 Å². The SMILES string of the molecule is CO.C[C-](C)C.[Y]. The summed E-state index contributed by atoms with van der Waals surface area (Å²) >= 11 is 0. The zero-order chi connectivity index (χ0) is 5.58. The van der Waals surface area contributed by atoms with Crippen LogP contribution >= 0.6 is 0 Å². The maximum absolute atomic E-state index is 7.00. The van der Waals surface area contributed by atoms with Crippen molar-refractivity contribution < 1.29 is 37.8 Å². The molecule has 0 heterocycles. The predicted molar refractivity (Wildman–Crippen MR) is 28.4 cm³/mol. The van der Waals surface area contributed by atoms with E-state index in [9.17, 15) is 0 Å². The van der Waals surface area contributed by atoms with Gasteiger partial charge in [-0.05, 0) is 0 Å². The summed E-state index contributed by atoms with van der Waals surface area (Å²) in [5.74, 6) is 1.42. The standard InChI is InChI=1S/C4H9.CH4O.Y/c1-4(2)3;1-2;/h1-3H3;2H,1H3;/q-1;;. The van der Waals surface area contributed by atoms with Gasteiger partial charge in [-0.3, -0.25) is 0 Å². The van der Waals surface area contributed by atoms with Gasteiger partial charge in [-0.2, -0.15) is 20.8 Å². The molecule has 0 spiro atoms. The van der Waals surface area contributed by atoms with Crippen molar-refractivity contribution >= 4 is 0 Å². The molecular formula is C5H13OY-. The van der Waals surface area contributed by atoms with Crippen molar-refractivity contribution in [1.82, 2.24) is 0 Å². The fourth-order valence-corrected chi connectivity index (χ4v) is 0. The summed E-state index contributed by atoms with van der Waals surface area (Å²) in [5.41, 5.74) is 0. The minimum atomic E-state index is 0. The second-order valence-electron chi connectivity index (χ2n) is 1.50. The van der Waals surface area contributed by atoms with Crippen molar-refractivity contribution in [3.05, 3.63) is 5.92 Å². The van der Waals surface area contributed by atoms with Crippen molar-refractivity contribution in [2.45, 2.75) is 20.8 Å². The summed E-state index contributed by atoms with van der Waals surface area (Å²) in [6.07, 6.45) is 0. The van der Waals surface area contributed by atoms with Gasteiger partial charge in [-0.25, -0.2) is 0 Å². The monoisotopic (exact) mass is 178 g/mol. The van der Waals surface area contributed by atoms with Crippen LogP contribution in [0.1, 0.15) is 20.8 Å². The Morgan fingerprint density at radius 3 is 1.00 bits per heavy atom. The van der Waals surface area contributed by atoms with E-state index in [1.54, 1.807) is 0 Å². The molecule has 0 aromatic rings. The van der Waals surface area contributed by atoms with Gasteiger partial charge in [0.15, 0.2) is 0 Å². The van der Waals surface area contributed by atoms with Crippen LogP contribution in [0.2, 0.25) is 0 Å². The van der Waals surface area contributed by atoms with Gasteiger partial charge < -0.3 is 11.0 Å². The Hall–Kier alpha value is 1.06. The van der Waals surface area contributed by atoms with Gasteiger partial charge in [-0.1, -0.05) is 0 Å². The van der Waals surface area contributed by atoms with Crippen LogP contribution in [-0.2, 0) is 32.7 Å². The van der Waals surface area contributed by atoms with Crippen molar-refractivity contribution in [2.75, 3.05) is 7.11 Å². The average Bonchev–Trinajstić information content (AvgIpc) is 1.41. The Morgan fingerprint density at radius 1 is 1.00 bits per heavy atom. The Bertz CT molecular complexity index is 12.8. The van der Waals surface area contributed by atoms with Crippen LogP contribution in [0.15, 0.2) is 0 Å². The Balaban J connectivity index is -0.0000000480. The third-order valence-electron chi connectivity index (χ3n) is 0. The fourth-order valence-electron chi connectivity index (χ4n) is 0. The molecule has 0 aromatic carbocycles. The van der Waals surface area contributed by atoms with E-state index in [0.717, 1.165) is 7.11 Å². The maximum atomic E-state index is 7.00. The summed E-state index contributed by atoms with van der Waals surface area (Å²) in [7, 11) is 1.00. The van der Waals surface area contributed by atoms with Crippen molar-refractivity contribution in [1.29, 1.82) is 0 Å². The van der Waals surface area contributed by atoms with Crippen LogP contribution in [0.3, 0.4) is 0 Å². The third-order valence-corrected chi connectivity index (χ3v) is 0. The first-order chi connectivity index (χ1) is 2.73. The van der Waals surface area contributed by atoms with E-state index in [0.29, 0.717) is 0 Å². The number of hydrogen-bond donors (Lipinski definition) is 1. The smallest absolute Gasteiger partial charge is 0.0319 e. The molecule has 0 saturated heterocycles. The van der Waals surface area contributed by atoms with Crippen LogP contribution in [0.5, 0.6) is 0 Å². The molecule has 0 unspecified atom stereocenters. The molecule has 0 aliphatic rings. The second kappa shape index (κ2) is 15.7. The molecule has 0 aliphatic carbocycles. The molecule has 0 bridgehead atoms. The molecule has 7 heavy (non-hydrogen) atoms. The van der Waals surface area contributed by atoms with Crippen molar-refractivity contribution in [2.24, 2.45) is 0 Å². The maximum Gasteiger partial charge on any atom is 0.0319 e. The fraction of sp³-hybridized carbons (Fsp3) is 0.800. The van der Waals surface area contributed by atoms with Crippen LogP contribution in [0.4, 0.5) is 0 Å². The van der Waals surface area contributed by atoms with E-state index < -0.39 is 0 Å². The molecule has 0 saturated carbocycles. The van der Waals surface area contributed by atoms with Gasteiger partial charge in [0, 0.05) is 39.8 Å². The van der Waals surface area contributed by atoms with E-state index >= 15 is 0 Å². The van der Waals surface area contributed by atoms with Gasteiger partial charge in [0.05, 0.1) is 0 Å². The second-order valence-corrected chi connectivity index (χ2v) is 1.50. The van der Waals surface area contributed by atoms with E-state index in [2.05, 4.69) is 20.8 Å². The minimum absolute atomic E-state index is 0. The number of aliphatic hydroxyl groups excluding tert-OH is 1. The molecule has 0 aromatic heterocycles. The molecular weight excluding hydrogens is 165 g/mol. The Morgan fingerprint density at radius 2 is 1.00 bits per heavy atom.